The van der Waals surface area contributed by atoms with E-state index < -0.39 is 23.8 Å². The smallest absolute Gasteiger partial charge is 0.404 e. The number of aromatic nitrogens is 1. The summed E-state index contributed by atoms with van der Waals surface area (Å²) in [4.78, 5) is 36.8. The minimum atomic E-state index is -4.72. The number of likely N-dealkylation sites (N-methyl/N-ethyl adjacent to an activating group) is 1. The van der Waals surface area contributed by atoms with Crippen LogP contribution in [0.4, 0.5) is 19.0 Å². The Balaban J connectivity index is 1.83. The number of oxime groups is 1. The second-order valence-corrected chi connectivity index (χ2v) is 9.02. The van der Waals surface area contributed by atoms with Gasteiger partial charge in [0.05, 0.1) is 18.3 Å². The molecule has 1 aliphatic rings. The minimum absolute atomic E-state index is 0.101. The lowest BCUT2D eigenvalue weighted by molar-refractivity contribution is -0.145. The zero-order valence-corrected chi connectivity index (χ0v) is 21.3. The molecule has 0 aromatic carbocycles. The fourth-order valence-electron chi connectivity index (χ4n) is 3.61. The molecular formula is C24H36F3N7O3. The van der Waals surface area contributed by atoms with Gasteiger partial charge in [0, 0.05) is 39.1 Å². The summed E-state index contributed by atoms with van der Waals surface area (Å²) in [5.41, 5.74) is 11.7. The van der Waals surface area contributed by atoms with Crippen LogP contribution in [-0.2, 0) is 27.3 Å². The number of nitrogens with one attached hydrogen (secondary N) is 1. The van der Waals surface area contributed by atoms with E-state index in [1.807, 2.05) is 11.0 Å². The predicted molar refractivity (Wildman–Crippen MR) is 135 cm³/mol. The Kier molecular flexibility index (Phi) is 11.8. The van der Waals surface area contributed by atoms with Gasteiger partial charge in [-0.05, 0) is 56.7 Å². The molecule has 0 fully saturated rings. The Labute approximate surface area is 214 Å². The van der Waals surface area contributed by atoms with Crippen LogP contribution in [0, 0.1) is 0 Å². The number of anilines is 1. The number of nitrogens with two attached hydrogens (primary N) is 2. The van der Waals surface area contributed by atoms with Gasteiger partial charge in [0.15, 0.2) is 0 Å². The quantitative estimate of drug-likeness (QED) is 0.153. The van der Waals surface area contributed by atoms with Gasteiger partial charge >= 0.3 is 12.1 Å². The van der Waals surface area contributed by atoms with Gasteiger partial charge in [-0.1, -0.05) is 11.2 Å². The number of fused-ring (bicyclic) bond motifs is 1. The fourth-order valence-corrected chi connectivity index (χ4v) is 3.61. The summed E-state index contributed by atoms with van der Waals surface area (Å²) in [5, 5.41) is 6.37. The van der Waals surface area contributed by atoms with E-state index >= 15 is 0 Å². The molecular weight excluding hydrogens is 491 g/mol. The van der Waals surface area contributed by atoms with E-state index in [-0.39, 0.29) is 18.9 Å². The van der Waals surface area contributed by atoms with Crippen molar-refractivity contribution in [3.8, 4) is 0 Å². The van der Waals surface area contributed by atoms with Gasteiger partial charge in [0.25, 0.3) is 0 Å². The van der Waals surface area contributed by atoms with Crippen LogP contribution in [0.15, 0.2) is 29.1 Å². The number of rotatable bonds is 13. The standard InChI is InChI=1S/C24H36F3N7O3/c1-33(2)21(35)16-34(12-4-3-7-19-9-8-17-6-5-11-30-22(17)32-19)13-10-20(29)23(36)37-31-15-18(14-28)24(25,26)27/h8-9,14-15,20H,3-7,10-13,16,28-29H2,1-2H3,(H,30,32)/b18-14+,31-15+. The van der Waals surface area contributed by atoms with Gasteiger partial charge < -0.3 is 26.5 Å². The van der Waals surface area contributed by atoms with Gasteiger partial charge in [0.2, 0.25) is 5.91 Å². The molecule has 10 nitrogen and oxygen atoms in total. The predicted octanol–water partition coefficient (Wildman–Crippen LogP) is 1.80. The Bertz CT molecular complexity index is 967. The van der Waals surface area contributed by atoms with Crippen molar-refractivity contribution in [3.05, 3.63) is 35.2 Å². The summed E-state index contributed by atoms with van der Waals surface area (Å²) >= 11 is 0. The van der Waals surface area contributed by atoms with Crippen LogP contribution in [0.25, 0.3) is 0 Å². The lowest BCUT2D eigenvalue weighted by Gasteiger charge is -2.24. The zero-order valence-electron chi connectivity index (χ0n) is 21.3. The molecule has 206 valence electrons. The molecule has 0 aliphatic carbocycles. The molecule has 0 saturated carbocycles. The number of carbonyl (C=O) groups is 2. The number of allylic oxidation sites excluding steroid dienone is 1. The number of nitrogens with zero attached hydrogens (tertiary/aromatic N) is 4. The van der Waals surface area contributed by atoms with E-state index in [1.54, 1.807) is 14.1 Å². The molecule has 2 heterocycles. The van der Waals surface area contributed by atoms with E-state index in [2.05, 4.69) is 21.4 Å². The summed E-state index contributed by atoms with van der Waals surface area (Å²) in [5.74, 6) is -0.127. The highest BCUT2D eigenvalue weighted by Crippen LogP contribution is 2.23. The number of aryl methyl sites for hydroxylation is 2. The summed E-state index contributed by atoms with van der Waals surface area (Å²) in [6, 6.07) is 3.04. The molecule has 0 bridgehead atoms. The van der Waals surface area contributed by atoms with Crippen molar-refractivity contribution in [1.82, 2.24) is 14.8 Å². The van der Waals surface area contributed by atoms with Crippen molar-refractivity contribution in [3.63, 3.8) is 0 Å². The first-order chi connectivity index (χ1) is 17.5. The summed E-state index contributed by atoms with van der Waals surface area (Å²) < 4.78 is 37.9. The van der Waals surface area contributed by atoms with E-state index in [0.29, 0.717) is 25.5 Å². The highest BCUT2D eigenvalue weighted by molar-refractivity contribution is 5.81. The Morgan fingerprint density at radius 1 is 1.27 bits per heavy atom. The molecule has 0 spiro atoms. The first kappa shape index (κ1) is 30.0. The van der Waals surface area contributed by atoms with Crippen molar-refractivity contribution < 1.29 is 27.6 Å². The van der Waals surface area contributed by atoms with E-state index in [1.165, 1.54) is 10.5 Å². The van der Waals surface area contributed by atoms with Crippen LogP contribution in [0.2, 0.25) is 0 Å². The van der Waals surface area contributed by atoms with Gasteiger partial charge in [-0.25, -0.2) is 9.78 Å². The fraction of sp³-hybridized carbons (Fsp3) is 0.583. The third kappa shape index (κ3) is 10.4. The molecule has 1 aliphatic heterocycles. The van der Waals surface area contributed by atoms with Crippen molar-refractivity contribution in [2.75, 3.05) is 45.6 Å². The van der Waals surface area contributed by atoms with Crippen LogP contribution in [0.5, 0.6) is 0 Å². The molecule has 1 aromatic heterocycles. The highest BCUT2D eigenvalue weighted by atomic mass is 19.4. The number of unbranched alkanes of at least 4 members (excludes halogenated alkanes) is 1. The van der Waals surface area contributed by atoms with Crippen LogP contribution in [0.1, 0.15) is 36.9 Å². The summed E-state index contributed by atoms with van der Waals surface area (Å²) in [6.07, 6.45) is 0.618. The maximum atomic E-state index is 12.6. The van der Waals surface area contributed by atoms with E-state index in [4.69, 9.17) is 16.5 Å². The first-order valence-electron chi connectivity index (χ1n) is 12.1. The number of hydrogen-bond acceptors (Lipinski definition) is 9. The van der Waals surface area contributed by atoms with E-state index in [9.17, 15) is 22.8 Å². The van der Waals surface area contributed by atoms with Crippen molar-refractivity contribution in [2.45, 2.75) is 50.7 Å². The van der Waals surface area contributed by atoms with Crippen LogP contribution < -0.4 is 16.8 Å². The molecule has 1 unspecified atom stereocenters. The Morgan fingerprint density at radius 3 is 2.70 bits per heavy atom. The maximum Gasteiger partial charge on any atom is 0.419 e. The van der Waals surface area contributed by atoms with Crippen LogP contribution >= 0.6 is 0 Å². The molecule has 1 atom stereocenters. The zero-order chi connectivity index (χ0) is 27.4. The van der Waals surface area contributed by atoms with Gasteiger partial charge in [0.1, 0.15) is 11.9 Å². The largest absolute Gasteiger partial charge is 0.419 e. The molecule has 0 radical (unpaired) electrons. The number of pyridine rings is 1. The molecule has 1 aromatic rings. The lowest BCUT2D eigenvalue weighted by atomic mass is 10.1. The van der Waals surface area contributed by atoms with Gasteiger partial charge in [-0.3, -0.25) is 9.69 Å². The topological polar surface area (TPSA) is 139 Å². The maximum absolute atomic E-state index is 12.6. The van der Waals surface area contributed by atoms with Gasteiger partial charge in [-0.2, -0.15) is 13.2 Å². The van der Waals surface area contributed by atoms with Crippen molar-refractivity contribution >= 4 is 23.9 Å². The van der Waals surface area contributed by atoms with E-state index in [0.717, 1.165) is 50.2 Å². The lowest BCUT2D eigenvalue weighted by Crippen LogP contribution is -2.41. The number of hydrogen-bond donors (Lipinski definition) is 3. The third-order valence-corrected chi connectivity index (χ3v) is 5.87. The second kappa shape index (κ2) is 14.5. The Morgan fingerprint density at radius 2 is 2.03 bits per heavy atom. The molecule has 13 heteroatoms. The van der Waals surface area contributed by atoms with Crippen LogP contribution in [-0.4, -0.2) is 85.4 Å². The minimum Gasteiger partial charge on any atom is -0.404 e. The number of amides is 1. The molecule has 0 saturated heterocycles. The molecule has 5 N–H and O–H groups in total. The summed E-state index contributed by atoms with van der Waals surface area (Å²) in [6.45, 7) is 1.99. The SMILES string of the molecule is CN(C)C(=O)CN(CCCCc1ccc2c(n1)NCCC2)CCC(N)C(=O)O/N=C/C(=C\N)C(F)(F)F. The Hall–Kier alpha value is -3.19. The van der Waals surface area contributed by atoms with Gasteiger partial charge in [-0.15, -0.1) is 0 Å². The number of halogens is 3. The molecule has 1 amide bonds. The number of alkyl halides is 3. The monoisotopic (exact) mass is 527 g/mol. The third-order valence-electron chi connectivity index (χ3n) is 5.87. The average Bonchev–Trinajstić information content (AvgIpc) is 2.86. The molecule has 37 heavy (non-hydrogen) atoms. The molecule has 2 rings (SSSR count). The first-order valence-corrected chi connectivity index (χ1v) is 12.1. The van der Waals surface area contributed by atoms with Crippen LogP contribution in [0.3, 0.4) is 0 Å². The number of carbonyl (C=O) groups excluding carboxylic acids is 2. The second-order valence-electron chi connectivity index (χ2n) is 9.02. The normalized spacial score (nSPS) is 14.8. The van der Waals surface area contributed by atoms with Crippen molar-refractivity contribution in [1.29, 1.82) is 0 Å². The highest BCUT2D eigenvalue weighted by Gasteiger charge is 2.32. The average molecular weight is 528 g/mol. The van der Waals surface area contributed by atoms with Crippen molar-refractivity contribution in [2.24, 2.45) is 16.6 Å². The summed E-state index contributed by atoms with van der Waals surface area (Å²) in [7, 11) is 3.31.